The fraction of sp³-hybridized carbons (Fsp3) is 0.312. The quantitative estimate of drug-likeness (QED) is 0.936. The van der Waals surface area contributed by atoms with Crippen molar-refractivity contribution in [2.45, 2.75) is 6.92 Å². The molecule has 0 saturated carbocycles. The Labute approximate surface area is 138 Å². The number of thiazole rings is 1. The van der Waals surface area contributed by atoms with Crippen molar-refractivity contribution in [2.24, 2.45) is 0 Å². The van der Waals surface area contributed by atoms with E-state index in [0.717, 1.165) is 5.56 Å². The average molecular weight is 331 g/mol. The maximum absolute atomic E-state index is 12.3. The number of anilines is 1. The molecule has 0 atom stereocenters. The van der Waals surface area contributed by atoms with Gasteiger partial charge in [-0.1, -0.05) is 18.2 Å². The predicted octanol–water partition coefficient (Wildman–Crippen LogP) is 2.18. The highest BCUT2D eigenvalue weighted by Gasteiger charge is 2.21. The Morgan fingerprint density at radius 2 is 2.00 bits per heavy atom. The summed E-state index contributed by atoms with van der Waals surface area (Å²) in [4.78, 5) is 30.5. The zero-order valence-electron chi connectivity index (χ0n) is 12.7. The van der Waals surface area contributed by atoms with E-state index in [1.165, 1.54) is 11.3 Å². The molecule has 1 fully saturated rings. The fourth-order valence-corrected chi connectivity index (χ4v) is 3.03. The minimum Gasteiger partial charge on any atom is -0.378 e. The standard InChI is InChI=1S/C16H17N3O3S/c1-11-4-2-3-5-12(11)14(20)18-16-17-13(10-23-16)15(21)19-6-8-22-9-7-19/h2-5,10H,6-9H2,1H3,(H,17,18,20). The van der Waals surface area contributed by atoms with E-state index in [1.54, 1.807) is 16.3 Å². The minimum atomic E-state index is -0.220. The molecule has 1 aromatic carbocycles. The number of carbonyl (C=O) groups is 2. The lowest BCUT2D eigenvalue weighted by Crippen LogP contribution is -2.40. The van der Waals surface area contributed by atoms with Crippen molar-refractivity contribution in [3.05, 3.63) is 46.5 Å². The highest BCUT2D eigenvalue weighted by molar-refractivity contribution is 7.14. The second-order valence-corrected chi connectivity index (χ2v) is 6.07. The molecule has 2 heterocycles. The molecule has 0 bridgehead atoms. The lowest BCUT2D eigenvalue weighted by Gasteiger charge is -2.25. The van der Waals surface area contributed by atoms with E-state index in [0.29, 0.717) is 42.7 Å². The molecule has 1 aliphatic heterocycles. The number of nitrogens with one attached hydrogen (secondary N) is 1. The zero-order valence-corrected chi connectivity index (χ0v) is 13.6. The third kappa shape index (κ3) is 3.57. The van der Waals surface area contributed by atoms with E-state index in [-0.39, 0.29) is 11.8 Å². The minimum absolute atomic E-state index is 0.124. The molecule has 2 aromatic rings. The van der Waals surface area contributed by atoms with Gasteiger partial charge in [0.05, 0.1) is 13.2 Å². The van der Waals surface area contributed by atoms with Crippen LogP contribution < -0.4 is 5.32 Å². The lowest BCUT2D eigenvalue weighted by molar-refractivity contribution is 0.0299. The second-order valence-electron chi connectivity index (χ2n) is 5.21. The Balaban J connectivity index is 1.68. The summed E-state index contributed by atoms with van der Waals surface area (Å²) in [7, 11) is 0. The van der Waals surface area contributed by atoms with Gasteiger partial charge in [-0.25, -0.2) is 4.98 Å². The maximum Gasteiger partial charge on any atom is 0.273 e. The maximum atomic E-state index is 12.3. The summed E-state index contributed by atoms with van der Waals surface area (Å²) in [6.07, 6.45) is 0. The largest absolute Gasteiger partial charge is 0.378 e. The molecule has 23 heavy (non-hydrogen) atoms. The number of benzene rings is 1. The molecule has 0 spiro atoms. The first-order chi connectivity index (χ1) is 11.1. The number of ether oxygens (including phenoxy) is 1. The molecule has 1 aliphatic rings. The van der Waals surface area contributed by atoms with E-state index in [4.69, 9.17) is 4.74 Å². The van der Waals surface area contributed by atoms with E-state index in [1.807, 2.05) is 25.1 Å². The third-order valence-corrected chi connectivity index (χ3v) is 4.39. The average Bonchev–Trinajstić information content (AvgIpc) is 3.03. The lowest BCUT2D eigenvalue weighted by atomic mass is 10.1. The van der Waals surface area contributed by atoms with Crippen LogP contribution in [0.2, 0.25) is 0 Å². The van der Waals surface area contributed by atoms with Crippen LogP contribution in [0.25, 0.3) is 0 Å². The number of rotatable bonds is 3. The zero-order chi connectivity index (χ0) is 16.2. The van der Waals surface area contributed by atoms with Gasteiger partial charge >= 0.3 is 0 Å². The Morgan fingerprint density at radius 1 is 1.26 bits per heavy atom. The number of aromatic nitrogens is 1. The van der Waals surface area contributed by atoms with Crippen LogP contribution in [0.4, 0.5) is 5.13 Å². The Morgan fingerprint density at radius 3 is 2.74 bits per heavy atom. The van der Waals surface area contributed by atoms with Crippen molar-refractivity contribution in [3.8, 4) is 0 Å². The number of carbonyl (C=O) groups excluding carboxylic acids is 2. The van der Waals surface area contributed by atoms with Gasteiger partial charge in [-0.05, 0) is 18.6 Å². The molecule has 1 N–H and O–H groups in total. The van der Waals surface area contributed by atoms with Crippen molar-refractivity contribution >= 4 is 28.3 Å². The summed E-state index contributed by atoms with van der Waals surface area (Å²) in [5.41, 5.74) is 1.85. The van der Waals surface area contributed by atoms with Crippen molar-refractivity contribution < 1.29 is 14.3 Å². The van der Waals surface area contributed by atoms with Crippen LogP contribution in [0, 0.1) is 6.92 Å². The van der Waals surface area contributed by atoms with Crippen LogP contribution >= 0.6 is 11.3 Å². The fourth-order valence-electron chi connectivity index (χ4n) is 2.35. The summed E-state index contributed by atoms with van der Waals surface area (Å²) < 4.78 is 5.24. The third-order valence-electron chi connectivity index (χ3n) is 3.63. The monoisotopic (exact) mass is 331 g/mol. The van der Waals surface area contributed by atoms with Crippen LogP contribution in [0.15, 0.2) is 29.6 Å². The van der Waals surface area contributed by atoms with Gasteiger partial charge in [0, 0.05) is 24.0 Å². The van der Waals surface area contributed by atoms with Crippen LogP contribution in [0.1, 0.15) is 26.4 Å². The van der Waals surface area contributed by atoms with E-state index in [9.17, 15) is 9.59 Å². The number of hydrogen-bond acceptors (Lipinski definition) is 5. The molecule has 6 nitrogen and oxygen atoms in total. The molecular formula is C16H17N3O3S. The van der Waals surface area contributed by atoms with Gasteiger partial charge in [-0.2, -0.15) is 0 Å². The first kappa shape index (κ1) is 15.6. The normalized spacial score (nSPS) is 14.6. The molecular weight excluding hydrogens is 314 g/mol. The highest BCUT2D eigenvalue weighted by atomic mass is 32.1. The molecule has 120 valence electrons. The summed E-state index contributed by atoms with van der Waals surface area (Å²) in [6.45, 7) is 4.12. The second kappa shape index (κ2) is 6.89. The first-order valence-corrected chi connectivity index (χ1v) is 8.22. The van der Waals surface area contributed by atoms with Crippen molar-refractivity contribution in [3.63, 3.8) is 0 Å². The van der Waals surface area contributed by atoms with Gasteiger partial charge in [0.1, 0.15) is 5.69 Å². The molecule has 0 radical (unpaired) electrons. The highest BCUT2D eigenvalue weighted by Crippen LogP contribution is 2.19. The van der Waals surface area contributed by atoms with E-state index in [2.05, 4.69) is 10.3 Å². The van der Waals surface area contributed by atoms with E-state index >= 15 is 0 Å². The van der Waals surface area contributed by atoms with Gasteiger partial charge in [0.15, 0.2) is 5.13 Å². The van der Waals surface area contributed by atoms with Crippen LogP contribution in [-0.2, 0) is 4.74 Å². The molecule has 1 saturated heterocycles. The molecule has 0 aliphatic carbocycles. The SMILES string of the molecule is Cc1ccccc1C(=O)Nc1nc(C(=O)N2CCOCC2)cs1. The Hall–Kier alpha value is -2.25. The Kier molecular flexibility index (Phi) is 4.68. The number of hydrogen-bond donors (Lipinski definition) is 1. The van der Waals surface area contributed by atoms with Crippen molar-refractivity contribution in [1.82, 2.24) is 9.88 Å². The molecule has 1 aromatic heterocycles. The summed E-state index contributed by atoms with van der Waals surface area (Å²) >= 11 is 1.25. The molecule has 3 rings (SSSR count). The van der Waals surface area contributed by atoms with Gasteiger partial charge < -0.3 is 9.64 Å². The summed E-state index contributed by atoms with van der Waals surface area (Å²) in [5, 5.41) is 4.85. The number of nitrogens with zero attached hydrogens (tertiary/aromatic N) is 2. The van der Waals surface area contributed by atoms with Gasteiger partial charge in [-0.15, -0.1) is 11.3 Å². The van der Waals surface area contributed by atoms with Crippen LogP contribution in [0.3, 0.4) is 0 Å². The van der Waals surface area contributed by atoms with Gasteiger partial charge in [-0.3, -0.25) is 14.9 Å². The topological polar surface area (TPSA) is 71.5 Å². The van der Waals surface area contributed by atoms with Gasteiger partial charge in [0.25, 0.3) is 11.8 Å². The predicted molar refractivity (Wildman–Crippen MR) is 88.0 cm³/mol. The van der Waals surface area contributed by atoms with Crippen molar-refractivity contribution in [2.75, 3.05) is 31.6 Å². The smallest absolute Gasteiger partial charge is 0.273 e. The van der Waals surface area contributed by atoms with E-state index < -0.39 is 0 Å². The van der Waals surface area contributed by atoms with Gasteiger partial charge in [0.2, 0.25) is 0 Å². The first-order valence-electron chi connectivity index (χ1n) is 7.34. The Bertz CT molecular complexity index is 723. The molecule has 0 unspecified atom stereocenters. The molecule has 7 heteroatoms. The number of amides is 2. The molecule has 2 amide bonds. The van der Waals surface area contributed by atoms with Crippen molar-refractivity contribution in [1.29, 1.82) is 0 Å². The van der Waals surface area contributed by atoms with Crippen LogP contribution in [-0.4, -0.2) is 48.0 Å². The summed E-state index contributed by atoms with van der Waals surface area (Å²) in [5.74, 6) is -0.344. The number of morpholine rings is 1. The summed E-state index contributed by atoms with van der Waals surface area (Å²) in [6, 6.07) is 7.34. The van der Waals surface area contributed by atoms with Crippen LogP contribution in [0.5, 0.6) is 0 Å². The number of aryl methyl sites for hydroxylation is 1.